The number of nitrogens with zero attached hydrogens (tertiary/aromatic N) is 1. The molecule has 0 saturated carbocycles. The molecule has 0 unspecified atom stereocenters. The van der Waals surface area contributed by atoms with Crippen molar-refractivity contribution in [2.75, 3.05) is 0 Å². The van der Waals surface area contributed by atoms with Crippen LogP contribution in [0.5, 0.6) is 0 Å². The Bertz CT molecular complexity index is 784. The number of halogens is 2. The minimum atomic E-state index is -0.488. The molecule has 2 nitrogen and oxygen atoms in total. The summed E-state index contributed by atoms with van der Waals surface area (Å²) in [5, 5.41) is 2.14. The van der Waals surface area contributed by atoms with Crippen molar-refractivity contribution >= 4 is 38.9 Å². The lowest BCUT2D eigenvalue weighted by Gasteiger charge is -2.03. The van der Waals surface area contributed by atoms with Gasteiger partial charge in [0.2, 0.25) is 0 Å². The maximum absolute atomic E-state index is 13.2. The Kier molecular flexibility index (Phi) is 3.05. The summed E-state index contributed by atoms with van der Waals surface area (Å²) in [6.07, 6.45) is 1.48. The Morgan fingerprint density at radius 1 is 1.26 bits per heavy atom. The maximum Gasteiger partial charge on any atom is 0.196 e. The van der Waals surface area contributed by atoms with E-state index < -0.39 is 5.82 Å². The van der Waals surface area contributed by atoms with Crippen molar-refractivity contribution in [2.24, 2.45) is 0 Å². The van der Waals surface area contributed by atoms with Crippen molar-refractivity contribution < 1.29 is 9.18 Å². The van der Waals surface area contributed by atoms with Gasteiger partial charge in [0, 0.05) is 17.3 Å². The minimum Gasteiger partial charge on any atom is -0.288 e. The fourth-order valence-electron chi connectivity index (χ4n) is 1.80. The van der Waals surface area contributed by atoms with E-state index in [4.69, 9.17) is 11.6 Å². The van der Waals surface area contributed by atoms with E-state index in [1.165, 1.54) is 29.7 Å². The molecule has 3 rings (SSSR count). The van der Waals surface area contributed by atoms with Gasteiger partial charge in [0.15, 0.2) is 5.78 Å². The summed E-state index contributed by atoms with van der Waals surface area (Å²) in [6.45, 7) is 0. The number of pyridine rings is 1. The molecule has 3 aromatic rings. The highest BCUT2D eigenvalue weighted by atomic mass is 35.5. The summed E-state index contributed by atoms with van der Waals surface area (Å²) < 4.78 is 14.1. The van der Waals surface area contributed by atoms with E-state index in [0.717, 1.165) is 16.3 Å². The van der Waals surface area contributed by atoms with Gasteiger partial charge in [-0.2, -0.15) is 0 Å². The number of rotatable bonds is 2. The van der Waals surface area contributed by atoms with Crippen molar-refractivity contribution in [1.29, 1.82) is 0 Å². The topological polar surface area (TPSA) is 30.0 Å². The number of carbonyl (C=O) groups excluding carboxylic acids is 1. The molecule has 0 amide bonds. The lowest BCUT2D eigenvalue weighted by atomic mass is 10.0. The third-order valence-corrected chi connectivity index (χ3v) is 3.92. The van der Waals surface area contributed by atoms with E-state index in [0.29, 0.717) is 5.56 Å². The van der Waals surface area contributed by atoms with Crippen molar-refractivity contribution in [2.45, 2.75) is 0 Å². The van der Waals surface area contributed by atoms with Crippen molar-refractivity contribution in [1.82, 2.24) is 4.98 Å². The molecule has 0 bridgehead atoms. The lowest BCUT2D eigenvalue weighted by molar-refractivity contribution is 0.103. The highest BCUT2D eigenvalue weighted by molar-refractivity contribution is 7.17. The van der Waals surface area contributed by atoms with Gasteiger partial charge in [-0.05, 0) is 35.7 Å². The predicted octanol–water partition coefficient (Wildman–Crippen LogP) is 4.32. The number of fused-ring (bicyclic) bond motifs is 1. The van der Waals surface area contributed by atoms with Crippen LogP contribution in [0, 0.1) is 5.82 Å². The van der Waals surface area contributed by atoms with Crippen LogP contribution in [-0.2, 0) is 0 Å². The summed E-state index contributed by atoms with van der Waals surface area (Å²) in [5.41, 5.74) is 1.40. The summed E-state index contributed by atoms with van der Waals surface area (Å²) in [4.78, 5) is 16.5. The Morgan fingerprint density at radius 2 is 2.11 bits per heavy atom. The molecule has 0 aliphatic rings. The monoisotopic (exact) mass is 291 g/mol. The van der Waals surface area contributed by atoms with E-state index in [2.05, 4.69) is 4.98 Å². The van der Waals surface area contributed by atoms with Gasteiger partial charge in [-0.3, -0.25) is 9.78 Å². The Labute approximate surface area is 117 Å². The lowest BCUT2D eigenvalue weighted by Crippen LogP contribution is -2.03. The zero-order valence-electron chi connectivity index (χ0n) is 9.56. The maximum atomic E-state index is 13.2. The Morgan fingerprint density at radius 3 is 2.95 bits per heavy atom. The first-order valence-corrected chi connectivity index (χ1v) is 6.74. The molecule has 0 aliphatic heterocycles. The van der Waals surface area contributed by atoms with E-state index in [-0.39, 0.29) is 16.4 Å². The standard InChI is InChI=1S/C14H7ClFNOS/c15-11-2-1-9(16)6-10(11)14(18)8-5-13-12(17-7-8)3-4-19-13/h1-7H. The average molecular weight is 292 g/mol. The third kappa shape index (κ3) is 2.25. The van der Waals surface area contributed by atoms with Crippen LogP contribution < -0.4 is 0 Å². The van der Waals surface area contributed by atoms with Gasteiger partial charge in [-0.15, -0.1) is 11.3 Å². The molecule has 0 atom stereocenters. The van der Waals surface area contributed by atoms with Crippen LogP contribution in [-0.4, -0.2) is 10.8 Å². The molecule has 94 valence electrons. The summed E-state index contributed by atoms with van der Waals surface area (Å²) >= 11 is 7.43. The Hall–Kier alpha value is -1.78. The molecule has 19 heavy (non-hydrogen) atoms. The fourth-order valence-corrected chi connectivity index (χ4v) is 2.78. The van der Waals surface area contributed by atoms with Gasteiger partial charge < -0.3 is 0 Å². The molecule has 0 spiro atoms. The highest BCUT2D eigenvalue weighted by Crippen LogP contribution is 2.24. The first-order valence-electron chi connectivity index (χ1n) is 5.48. The van der Waals surface area contributed by atoms with Crippen LogP contribution in [0.2, 0.25) is 5.02 Å². The smallest absolute Gasteiger partial charge is 0.196 e. The number of thiophene rings is 1. The highest BCUT2D eigenvalue weighted by Gasteiger charge is 2.15. The molecule has 5 heteroatoms. The number of benzene rings is 1. The van der Waals surface area contributed by atoms with E-state index in [9.17, 15) is 9.18 Å². The molecule has 0 aliphatic carbocycles. The van der Waals surface area contributed by atoms with E-state index in [1.54, 1.807) is 6.07 Å². The minimum absolute atomic E-state index is 0.152. The number of carbonyl (C=O) groups is 1. The van der Waals surface area contributed by atoms with Gasteiger partial charge in [0.05, 0.1) is 15.2 Å². The summed E-state index contributed by atoms with van der Waals surface area (Å²) in [6, 6.07) is 7.37. The number of aromatic nitrogens is 1. The van der Waals surface area contributed by atoms with Crippen LogP contribution in [0.15, 0.2) is 41.9 Å². The van der Waals surface area contributed by atoms with Crippen LogP contribution in [0.4, 0.5) is 4.39 Å². The first kappa shape index (κ1) is 12.3. The van der Waals surface area contributed by atoms with Crippen LogP contribution >= 0.6 is 22.9 Å². The third-order valence-electron chi connectivity index (χ3n) is 2.74. The average Bonchev–Trinajstić information content (AvgIpc) is 2.88. The number of hydrogen-bond acceptors (Lipinski definition) is 3. The van der Waals surface area contributed by atoms with Crippen molar-refractivity contribution in [3.8, 4) is 0 Å². The SMILES string of the molecule is O=C(c1cnc2ccsc2c1)c1cc(F)ccc1Cl. The molecule has 0 radical (unpaired) electrons. The normalized spacial score (nSPS) is 10.8. The van der Waals surface area contributed by atoms with E-state index >= 15 is 0 Å². The first-order chi connectivity index (χ1) is 9.15. The summed E-state index contributed by atoms with van der Waals surface area (Å²) in [5.74, 6) is -0.815. The van der Waals surface area contributed by atoms with Gasteiger partial charge in [-0.1, -0.05) is 11.6 Å². The fraction of sp³-hybridized carbons (Fsp3) is 0. The molecule has 2 aromatic heterocycles. The second kappa shape index (κ2) is 4.72. The van der Waals surface area contributed by atoms with Gasteiger partial charge in [0.25, 0.3) is 0 Å². The van der Waals surface area contributed by atoms with Crippen molar-refractivity contribution in [3.05, 3.63) is 63.9 Å². The zero-order chi connectivity index (χ0) is 13.4. The number of hydrogen-bond donors (Lipinski definition) is 0. The quantitative estimate of drug-likeness (QED) is 0.658. The van der Waals surface area contributed by atoms with Crippen LogP contribution in [0.1, 0.15) is 15.9 Å². The molecule has 0 saturated heterocycles. The van der Waals surface area contributed by atoms with Gasteiger partial charge in [-0.25, -0.2) is 4.39 Å². The number of ketones is 1. The Balaban J connectivity index is 2.09. The van der Waals surface area contributed by atoms with Gasteiger partial charge >= 0.3 is 0 Å². The van der Waals surface area contributed by atoms with Crippen LogP contribution in [0.3, 0.4) is 0 Å². The van der Waals surface area contributed by atoms with E-state index in [1.807, 2.05) is 11.4 Å². The molecular weight excluding hydrogens is 285 g/mol. The largest absolute Gasteiger partial charge is 0.288 e. The second-order valence-corrected chi connectivity index (χ2v) is 5.34. The molecule has 2 heterocycles. The van der Waals surface area contributed by atoms with Crippen LogP contribution in [0.25, 0.3) is 10.2 Å². The van der Waals surface area contributed by atoms with Gasteiger partial charge in [0.1, 0.15) is 5.82 Å². The zero-order valence-corrected chi connectivity index (χ0v) is 11.1. The second-order valence-electron chi connectivity index (χ2n) is 3.98. The van der Waals surface area contributed by atoms with Crippen molar-refractivity contribution in [3.63, 3.8) is 0 Å². The molecule has 0 fully saturated rings. The summed E-state index contributed by atoms with van der Waals surface area (Å²) in [7, 11) is 0. The molecule has 0 N–H and O–H groups in total. The molecule has 1 aromatic carbocycles. The predicted molar refractivity (Wildman–Crippen MR) is 74.5 cm³/mol. The molecular formula is C14H7ClFNOS.